The molecule has 1 aromatic rings. The number of nitrogens with zero attached hydrogens (tertiary/aromatic N) is 4. The highest BCUT2D eigenvalue weighted by molar-refractivity contribution is 5.78. The molecule has 5 heteroatoms. The average molecular weight is 273 g/mol. The van der Waals surface area contributed by atoms with Gasteiger partial charge in [-0.05, 0) is 43.4 Å². The van der Waals surface area contributed by atoms with Gasteiger partial charge < -0.3 is 15.5 Å². The van der Waals surface area contributed by atoms with Gasteiger partial charge >= 0.3 is 0 Å². The Hall–Kier alpha value is -1.78. The van der Waals surface area contributed by atoms with Crippen LogP contribution in [-0.2, 0) is 6.54 Å². The van der Waals surface area contributed by atoms with E-state index in [0.717, 1.165) is 18.9 Å². The van der Waals surface area contributed by atoms with Crippen molar-refractivity contribution < 1.29 is 0 Å². The van der Waals surface area contributed by atoms with E-state index < -0.39 is 0 Å². The van der Waals surface area contributed by atoms with Crippen molar-refractivity contribution in [2.75, 3.05) is 25.0 Å². The Labute approximate surface area is 120 Å². The van der Waals surface area contributed by atoms with Crippen LogP contribution in [0.1, 0.15) is 31.2 Å². The van der Waals surface area contributed by atoms with Crippen LogP contribution < -0.4 is 10.6 Å². The molecule has 0 atom stereocenters. The maximum absolute atomic E-state index is 6.02. The van der Waals surface area contributed by atoms with Crippen molar-refractivity contribution in [3.8, 4) is 0 Å². The lowest BCUT2D eigenvalue weighted by Crippen LogP contribution is -2.35. The predicted octanol–water partition coefficient (Wildman–Crippen LogP) is 1.59. The van der Waals surface area contributed by atoms with Gasteiger partial charge in [0.1, 0.15) is 5.82 Å². The third-order valence-electron chi connectivity index (χ3n) is 4.12. The van der Waals surface area contributed by atoms with Gasteiger partial charge in [0.05, 0.1) is 6.54 Å². The summed E-state index contributed by atoms with van der Waals surface area (Å²) in [6.45, 7) is 2.87. The first-order chi connectivity index (χ1) is 9.74. The molecular formula is C15H23N5. The van der Waals surface area contributed by atoms with E-state index in [9.17, 15) is 0 Å². The summed E-state index contributed by atoms with van der Waals surface area (Å²) in [6.07, 6.45) is 6.88. The molecule has 2 N–H and O–H groups in total. The Morgan fingerprint density at radius 2 is 2.20 bits per heavy atom. The smallest absolute Gasteiger partial charge is 0.191 e. The second kappa shape index (κ2) is 5.69. The van der Waals surface area contributed by atoms with Gasteiger partial charge in [-0.25, -0.2) is 9.98 Å². The van der Waals surface area contributed by atoms with Crippen LogP contribution in [0.3, 0.4) is 0 Å². The fourth-order valence-electron chi connectivity index (χ4n) is 2.61. The molecule has 1 saturated carbocycles. The Balaban J connectivity index is 1.64. The van der Waals surface area contributed by atoms with Crippen molar-refractivity contribution in [2.24, 2.45) is 10.7 Å². The molecule has 108 valence electrons. The van der Waals surface area contributed by atoms with Crippen molar-refractivity contribution >= 4 is 11.8 Å². The molecule has 5 nitrogen and oxygen atoms in total. The molecule has 2 heterocycles. The third-order valence-corrected chi connectivity index (χ3v) is 4.12. The second-order valence-corrected chi connectivity index (χ2v) is 5.73. The number of hydrogen-bond donors (Lipinski definition) is 1. The van der Waals surface area contributed by atoms with Crippen molar-refractivity contribution in [3.05, 3.63) is 23.9 Å². The molecule has 20 heavy (non-hydrogen) atoms. The Morgan fingerprint density at radius 3 is 2.90 bits per heavy atom. The summed E-state index contributed by atoms with van der Waals surface area (Å²) < 4.78 is 0. The summed E-state index contributed by atoms with van der Waals surface area (Å²) in [6, 6.07) is 4.77. The zero-order chi connectivity index (χ0) is 13.9. The van der Waals surface area contributed by atoms with Crippen molar-refractivity contribution in [2.45, 2.75) is 38.3 Å². The van der Waals surface area contributed by atoms with E-state index >= 15 is 0 Å². The molecule has 0 bridgehead atoms. The van der Waals surface area contributed by atoms with Crippen molar-refractivity contribution in [3.63, 3.8) is 0 Å². The lowest BCUT2D eigenvalue weighted by molar-refractivity contribution is 0.487. The van der Waals surface area contributed by atoms with Crippen LogP contribution in [0.2, 0.25) is 0 Å². The maximum Gasteiger partial charge on any atom is 0.191 e. The zero-order valence-electron chi connectivity index (χ0n) is 12.1. The topological polar surface area (TPSA) is 57.8 Å². The molecule has 3 rings (SSSR count). The third kappa shape index (κ3) is 3.03. The summed E-state index contributed by atoms with van der Waals surface area (Å²) >= 11 is 0. The molecule has 1 aliphatic heterocycles. The molecule has 0 aromatic carbocycles. The van der Waals surface area contributed by atoms with Gasteiger partial charge in [-0.2, -0.15) is 0 Å². The first kappa shape index (κ1) is 13.2. The number of pyridine rings is 1. The first-order valence-electron chi connectivity index (χ1n) is 7.46. The normalized spacial score (nSPS) is 19.4. The summed E-state index contributed by atoms with van der Waals surface area (Å²) in [7, 11) is 2.03. The standard InChI is InChI=1S/C15H23N5/c1-19(13-4-5-13)15(16)18-11-12-6-7-17-14(10-12)20-8-2-3-9-20/h6-7,10,13H,2-5,8-9,11H2,1H3,(H2,16,18). The number of anilines is 1. The second-order valence-electron chi connectivity index (χ2n) is 5.73. The largest absolute Gasteiger partial charge is 0.370 e. The number of hydrogen-bond acceptors (Lipinski definition) is 3. The van der Waals surface area contributed by atoms with Gasteiger partial charge in [-0.1, -0.05) is 0 Å². The first-order valence-corrected chi connectivity index (χ1v) is 7.46. The Kier molecular flexibility index (Phi) is 3.76. The molecule has 0 amide bonds. The number of nitrogens with two attached hydrogens (primary N) is 1. The number of rotatable bonds is 4. The highest BCUT2D eigenvalue weighted by atomic mass is 15.3. The molecule has 2 aliphatic rings. The van der Waals surface area contributed by atoms with Crippen LogP contribution in [0.5, 0.6) is 0 Å². The van der Waals surface area contributed by atoms with Crippen molar-refractivity contribution in [1.82, 2.24) is 9.88 Å². The van der Waals surface area contributed by atoms with Crippen LogP contribution in [0.4, 0.5) is 5.82 Å². The minimum atomic E-state index is 0.608. The Bertz CT molecular complexity index is 489. The fraction of sp³-hybridized carbons (Fsp3) is 0.600. The van der Waals surface area contributed by atoms with E-state index in [1.54, 1.807) is 0 Å². The van der Waals surface area contributed by atoms with E-state index in [1.165, 1.54) is 31.2 Å². The monoisotopic (exact) mass is 273 g/mol. The molecular weight excluding hydrogens is 250 g/mol. The van der Waals surface area contributed by atoms with E-state index in [0.29, 0.717) is 18.5 Å². The van der Waals surface area contributed by atoms with Crippen molar-refractivity contribution in [1.29, 1.82) is 0 Å². The van der Waals surface area contributed by atoms with Gasteiger partial charge in [-0.3, -0.25) is 0 Å². The van der Waals surface area contributed by atoms with Gasteiger partial charge in [0, 0.05) is 32.4 Å². The van der Waals surface area contributed by atoms with Crippen LogP contribution >= 0.6 is 0 Å². The minimum absolute atomic E-state index is 0.608. The van der Waals surface area contributed by atoms with E-state index in [2.05, 4.69) is 25.8 Å². The molecule has 0 spiro atoms. The fourth-order valence-corrected chi connectivity index (χ4v) is 2.61. The lowest BCUT2D eigenvalue weighted by Gasteiger charge is -2.18. The summed E-state index contributed by atoms with van der Waals surface area (Å²) in [4.78, 5) is 13.4. The van der Waals surface area contributed by atoms with Crippen LogP contribution in [0.25, 0.3) is 0 Å². The van der Waals surface area contributed by atoms with Gasteiger partial charge in [-0.15, -0.1) is 0 Å². The summed E-state index contributed by atoms with van der Waals surface area (Å²) in [5, 5.41) is 0. The van der Waals surface area contributed by atoms with Gasteiger partial charge in [0.25, 0.3) is 0 Å². The summed E-state index contributed by atoms with van der Waals surface area (Å²) in [5.74, 6) is 1.72. The van der Waals surface area contributed by atoms with E-state index in [4.69, 9.17) is 5.73 Å². The van der Waals surface area contributed by atoms with E-state index in [-0.39, 0.29) is 0 Å². The molecule has 0 radical (unpaired) electrons. The van der Waals surface area contributed by atoms with Gasteiger partial charge in [0.15, 0.2) is 5.96 Å². The highest BCUT2D eigenvalue weighted by Gasteiger charge is 2.27. The maximum atomic E-state index is 6.02. The molecule has 1 aromatic heterocycles. The highest BCUT2D eigenvalue weighted by Crippen LogP contribution is 2.25. The number of guanidine groups is 1. The SMILES string of the molecule is CN(C(N)=NCc1ccnc(N2CCCC2)c1)C1CC1. The van der Waals surface area contributed by atoms with Crippen LogP contribution in [0, 0.1) is 0 Å². The zero-order valence-corrected chi connectivity index (χ0v) is 12.1. The van der Waals surface area contributed by atoms with Gasteiger partial charge in [0.2, 0.25) is 0 Å². The summed E-state index contributed by atoms with van der Waals surface area (Å²) in [5.41, 5.74) is 7.19. The lowest BCUT2D eigenvalue weighted by atomic mass is 10.2. The Morgan fingerprint density at radius 1 is 1.45 bits per heavy atom. The number of aliphatic imine (C=N–C) groups is 1. The molecule has 2 fully saturated rings. The minimum Gasteiger partial charge on any atom is -0.370 e. The molecule has 1 aliphatic carbocycles. The van der Waals surface area contributed by atoms with E-state index in [1.807, 2.05) is 19.3 Å². The molecule has 0 unspecified atom stereocenters. The average Bonchev–Trinajstić information content (AvgIpc) is 3.18. The quantitative estimate of drug-likeness (QED) is 0.668. The predicted molar refractivity (Wildman–Crippen MR) is 81.8 cm³/mol. The number of aromatic nitrogens is 1. The molecule has 1 saturated heterocycles. The van der Waals surface area contributed by atoms with Crippen LogP contribution in [0.15, 0.2) is 23.3 Å². The van der Waals surface area contributed by atoms with Crippen LogP contribution in [-0.4, -0.2) is 42.0 Å².